The van der Waals surface area contributed by atoms with Gasteiger partial charge in [0.1, 0.15) is 0 Å². The van der Waals surface area contributed by atoms with Gasteiger partial charge in [0.2, 0.25) is 0 Å². The number of hydrogen-bond donors (Lipinski definition) is 1. The molecule has 0 spiro atoms. The third kappa shape index (κ3) is 2.28. The van der Waals surface area contributed by atoms with E-state index in [1.54, 1.807) is 5.56 Å². The molecule has 1 aromatic carbocycles. The van der Waals surface area contributed by atoms with Gasteiger partial charge in [0.15, 0.2) is 0 Å². The van der Waals surface area contributed by atoms with Gasteiger partial charge in [-0.1, -0.05) is 18.2 Å². The van der Waals surface area contributed by atoms with E-state index >= 15 is 0 Å². The fourth-order valence-corrected chi connectivity index (χ4v) is 3.06. The van der Waals surface area contributed by atoms with Crippen molar-refractivity contribution in [2.45, 2.75) is 32.5 Å². The third-order valence-electron chi connectivity index (χ3n) is 4.09. The van der Waals surface area contributed by atoms with E-state index < -0.39 is 0 Å². The largest absolute Gasteiger partial charge is 0.342 e. The van der Waals surface area contributed by atoms with Gasteiger partial charge in [0.25, 0.3) is 0 Å². The molecule has 0 saturated carbocycles. The van der Waals surface area contributed by atoms with Gasteiger partial charge in [-0.15, -0.1) is 0 Å². The fraction of sp³-hybridized carbons (Fsp3) is 0.500. The van der Waals surface area contributed by atoms with Crippen LogP contribution in [0.1, 0.15) is 18.2 Å². The summed E-state index contributed by atoms with van der Waals surface area (Å²) in [7, 11) is 4.27. The van der Waals surface area contributed by atoms with Gasteiger partial charge in [-0.25, -0.2) is 0 Å². The predicted octanol–water partition coefficient (Wildman–Crippen LogP) is 2.24. The summed E-state index contributed by atoms with van der Waals surface area (Å²) in [5.41, 5.74) is 4.44. The lowest BCUT2D eigenvalue weighted by molar-refractivity contribution is 0.380. The molecular formula is C16H23N3. The zero-order valence-corrected chi connectivity index (χ0v) is 12.1. The number of para-hydroxylation sites is 1. The van der Waals surface area contributed by atoms with Crippen molar-refractivity contribution in [1.82, 2.24) is 14.8 Å². The molecule has 1 unspecified atom stereocenters. The molecule has 19 heavy (non-hydrogen) atoms. The first kappa shape index (κ1) is 12.7. The molecular weight excluding hydrogens is 234 g/mol. The molecule has 1 atom stereocenters. The quantitative estimate of drug-likeness (QED) is 0.910. The van der Waals surface area contributed by atoms with Crippen molar-refractivity contribution < 1.29 is 0 Å². The number of nitrogens with zero attached hydrogens (tertiary/aromatic N) is 2. The highest BCUT2D eigenvalue weighted by atomic mass is 15.1. The van der Waals surface area contributed by atoms with Gasteiger partial charge in [-0.3, -0.25) is 0 Å². The highest BCUT2D eigenvalue weighted by molar-refractivity contribution is 5.86. The monoisotopic (exact) mass is 257 g/mol. The van der Waals surface area contributed by atoms with E-state index in [1.807, 2.05) is 0 Å². The van der Waals surface area contributed by atoms with E-state index in [1.165, 1.54) is 16.6 Å². The molecule has 0 aliphatic carbocycles. The average Bonchev–Trinajstić information content (AvgIpc) is 2.70. The zero-order chi connectivity index (χ0) is 13.4. The fourth-order valence-electron chi connectivity index (χ4n) is 3.06. The molecule has 0 radical (unpaired) electrons. The van der Waals surface area contributed by atoms with Crippen molar-refractivity contribution in [2.24, 2.45) is 0 Å². The van der Waals surface area contributed by atoms with Gasteiger partial charge >= 0.3 is 0 Å². The summed E-state index contributed by atoms with van der Waals surface area (Å²) in [5, 5.41) is 5.04. The molecule has 0 amide bonds. The summed E-state index contributed by atoms with van der Waals surface area (Å²) in [6, 6.07) is 9.43. The van der Waals surface area contributed by atoms with Gasteiger partial charge in [-0.2, -0.15) is 0 Å². The van der Waals surface area contributed by atoms with E-state index in [9.17, 15) is 0 Å². The third-order valence-corrected chi connectivity index (χ3v) is 4.09. The van der Waals surface area contributed by atoms with Crippen LogP contribution in [0, 0.1) is 0 Å². The second-order valence-corrected chi connectivity index (χ2v) is 5.88. The number of rotatable bonds is 3. The summed E-state index contributed by atoms with van der Waals surface area (Å²) in [4.78, 5) is 2.25. The van der Waals surface area contributed by atoms with Crippen LogP contribution in [-0.4, -0.2) is 36.1 Å². The van der Waals surface area contributed by atoms with Crippen LogP contribution in [0.25, 0.3) is 10.9 Å². The maximum Gasteiger partial charge on any atom is 0.0486 e. The van der Waals surface area contributed by atoms with Crippen molar-refractivity contribution in [3.63, 3.8) is 0 Å². The highest BCUT2D eigenvalue weighted by Crippen LogP contribution is 2.29. The maximum absolute atomic E-state index is 3.59. The summed E-state index contributed by atoms with van der Waals surface area (Å²) >= 11 is 0. The minimum Gasteiger partial charge on any atom is -0.342 e. The first-order valence-corrected chi connectivity index (χ1v) is 7.14. The van der Waals surface area contributed by atoms with Crippen molar-refractivity contribution in [1.29, 1.82) is 0 Å². The zero-order valence-electron chi connectivity index (χ0n) is 12.1. The van der Waals surface area contributed by atoms with Crippen LogP contribution >= 0.6 is 0 Å². The Kier molecular flexibility index (Phi) is 3.33. The minimum atomic E-state index is 0.584. The second kappa shape index (κ2) is 4.99. The molecule has 2 aromatic rings. The molecule has 0 bridgehead atoms. The number of nitrogens with one attached hydrogen (secondary N) is 1. The lowest BCUT2D eigenvalue weighted by Crippen LogP contribution is -2.34. The van der Waals surface area contributed by atoms with Crippen LogP contribution in [0.3, 0.4) is 0 Å². The summed E-state index contributed by atoms with van der Waals surface area (Å²) in [6.07, 6.45) is 1.14. The molecule has 2 heterocycles. The lowest BCUT2D eigenvalue weighted by Gasteiger charge is -2.23. The average molecular weight is 257 g/mol. The molecule has 3 heteroatoms. The van der Waals surface area contributed by atoms with Gasteiger partial charge in [0, 0.05) is 42.3 Å². The first-order valence-electron chi connectivity index (χ1n) is 7.14. The highest BCUT2D eigenvalue weighted by Gasteiger charge is 2.22. The van der Waals surface area contributed by atoms with Crippen LogP contribution in [0.2, 0.25) is 0 Å². The van der Waals surface area contributed by atoms with E-state index in [2.05, 4.69) is 60.1 Å². The Morgan fingerprint density at radius 2 is 2.11 bits per heavy atom. The van der Waals surface area contributed by atoms with Crippen LogP contribution in [-0.2, 0) is 19.5 Å². The summed E-state index contributed by atoms with van der Waals surface area (Å²) in [5.74, 6) is 0. The Morgan fingerprint density at radius 3 is 2.89 bits per heavy atom. The lowest BCUT2D eigenvalue weighted by atomic mass is 10.00. The molecule has 1 N–H and O–H groups in total. The number of likely N-dealkylation sites (N-methyl/N-ethyl adjacent to an activating group) is 1. The topological polar surface area (TPSA) is 20.2 Å². The van der Waals surface area contributed by atoms with Crippen molar-refractivity contribution in [2.75, 3.05) is 20.6 Å². The molecule has 0 saturated heterocycles. The predicted molar refractivity (Wildman–Crippen MR) is 80.5 cm³/mol. The van der Waals surface area contributed by atoms with E-state index in [4.69, 9.17) is 0 Å². The van der Waals surface area contributed by atoms with Gasteiger partial charge < -0.3 is 14.8 Å². The van der Waals surface area contributed by atoms with Gasteiger partial charge in [0.05, 0.1) is 0 Å². The number of benzene rings is 1. The number of fused-ring (bicyclic) bond motifs is 3. The maximum atomic E-state index is 3.59. The van der Waals surface area contributed by atoms with E-state index in [0.717, 1.165) is 26.1 Å². The van der Waals surface area contributed by atoms with Crippen molar-refractivity contribution in [3.05, 3.63) is 35.5 Å². The molecule has 3 rings (SSSR count). The van der Waals surface area contributed by atoms with Crippen LogP contribution in [0.5, 0.6) is 0 Å². The summed E-state index contributed by atoms with van der Waals surface area (Å²) in [6.45, 7) is 5.42. The van der Waals surface area contributed by atoms with Gasteiger partial charge in [-0.05, 0) is 39.1 Å². The Balaban J connectivity index is 2.09. The molecule has 3 nitrogen and oxygen atoms in total. The Hall–Kier alpha value is -1.32. The molecule has 1 aliphatic rings. The normalized spacial score (nSPS) is 19.1. The summed E-state index contributed by atoms with van der Waals surface area (Å²) < 4.78 is 2.50. The minimum absolute atomic E-state index is 0.584. The van der Waals surface area contributed by atoms with Crippen molar-refractivity contribution in [3.8, 4) is 0 Å². The first-order chi connectivity index (χ1) is 9.16. The molecule has 1 aromatic heterocycles. The Labute approximate surface area is 115 Å². The second-order valence-electron chi connectivity index (χ2n) is 5.88. The van der Waals surface area contributed by atoms with E-state index in [-0.39, 0.29) is 0 Å². The van der Waals surface area contributed by atoms with Crippen LogP contribution in [0.15, 0.2) is 24.3 Å². The molecule has 1 aliphatic heterocycles. The molecule has 0 fully saturated rings. The number of hydrogen-bond acceptors (Lipinski definition) is 2. The smallest absolute Gasteiger partial charge is 0.0486 e. The van der Waals surface area contributed by atoms with Crippen LogP contribution in [0.4, 0.5) is 0 Å². The van der Waals surface area contributed by atoms with Crippen molar-refractivity contribution >= 4 is 10.9 Å². The SMILES string of the molecule is CC1Cc2c(n(CCN(C)C)c3ccccc23)CN1. The standard InChI is InChI=1S/C16H23N3/c1-12-10-14-13-6-4-5-7-15(13)19(9-8-18(2)3)16(14)11-17-12/h4-7,12,17H,8-11H2,1-3H3. The van der Waals surface area contributed by atoms with Crippen LogP contribution < -0.4 is 5.32 Å². The Morgan fingerprint density at radius 1 is 1.32 bits per heavy atom. The number of aromatic nitrogens is 1. The molecule has 102 valence electrons. The van der Waals surface area contributed by atoms with E-state index in [0.29, 0.717) is 6.04 Å². The Bertz CT molecular complexity index is 583.